The minimum atomic E-state index is -2.76. The molecule has 1 aliphatic heterocycles. The Kier molecular flexibility index (Phi) is 5.20. The van der Waals surface area contributed by atoms with Gasteiger partial charge in [0.15, 0.2) is 23.1 Å². The van der Waals surface area contributed by atoms with Crippen LogP contribution in [0.5, 0.6) is 5.75 Å². The van der Waals surface area contributed by atoms with Crippen molar-refractivity contribution >= 4 is 29.1 Å². The smallest absolute Gasteiger partial charge is 0.323 e. The van der Waals surface area contributed by atoms with E-state index >= 15 is 0 Å². The van der Waals surface area contributed by atoms with E-state index in [2.05, 4.69) is 37.0 Å². The molecule has 1 fully saturated rings. The number of methoxy groups -OCH3 is 1. The fraction of sp³-hybridized carbons (Fsp3) is 0.286. The van der Waals surface area contributed by atoms with E-state index in [1.807, 2.05) is 5.32 Å². The number of nitriles is 1. The molecule has 13 heteroatoms. The third-order valence-corrected chi connectivity index (χ3v) is 5.04. The van der Waals surface area contributed by atoms with E-state index < -0.39 is 18.9 Å². The molecule has 0 atom stereocenters. The van der Waals surface area contributed by atoms with Gasteiger partial charge in [-0.15, -0.1) is 10.2 Å². The Labute approximate surface area is 199 Å². The number of hydrogen-bond donors (Lipinski definition) is 3. The fourth-order valence-corrected chi connectivity index (χ4v) is 3.33. The minimum absolute atomic E-state index is 0.000134. The Morgan fingerprint density at radius 2 is 2.12 bits per heavy atom. The number of urea groups is 1. The number of benzene rings is 1. The van der Waals surface area contributed by atoms with Crippen molar-refractivity contribution in [3.63, 3.8) is 0 Å². The number of para-hydroxylation sites is 1. The number of amides is 3. The number of aryl methyl sites for hydroxylation is 1. The average molecular weight is 465 g/mol. The molecule has 34 heavy (non-hydrogen) atoms. The molecule has 0 radical (unpaired) electrons. The van der Waals surface area contributed by atoms with Gasteiger partial charge in [-0.3, -0.25) is 14.8 Å². The molecule has 0 unspecified atom stereocenters. The lowest BCUT2D eigenvalue weighted by molar-refractivity contribution is 0.0958. The summed E-state index contributed by atoms with van der Waals surface area (Å²) >= 11 is 0. The summed E-state index contributed by atoms with van der Waals surface area (Å²) in [5.41, 5.74) is 0.670. The minimum Gasteiger partial charge on any atom is -0.494 e. The Hall–Kier alpha value is -4.73. The highest BCUT2D eigenvalue weighted by molar-refractivity contribution is 5.99. The van der Waals surface area contributed by atoms with Gasteiger partial charge in [-0.1, -0.05) is 6.07 Å². The molecule has 3 amide bonds. The standard InChI is InChI=1S/C21H22N10O3/c1-23-20(32)17-15(7-16(27-28-17)26-21(33)31-9-12(8-22)10-31)25-14-6-4-5-13(18(14)34-3)19-24-11-30(2)29-19/h4-7,11-12H,9-10H2,1-3H3,(H,23,32)(H2,25,26,27,33)/i1D3. The molecule has 3 N–H and O–H groups in total. The van der Waals surface area contributed by atoms with Gasteiger partial charge in [-0.25, -0.2) is 9.78 Å². The van der Waals surface area contributed by atoms with Crippen LogP contribution in [0.2, 0.25) is 0 Å². The molecule has 1 aromatic carbocycles. The van der Waals surface area contributed by atoms with Crippen LogP contribution in [-0.2, 0) is 7.05 Å². The van der Waals surface area contributed by atoms with Crippen LogP contribution in [0.15, 0.2) is 30.6 Å². The molecule has 0 aliphatic carbocycles. The lowest BCUT2D eigenvalue weighted by atomic mass is 10.0. The third kappa shape index (κ3) is 4.42. The molecule has 13 nitrogen and oxygen atoms in total. The van der Waals surface area contributed by atoms with Crippen molar-refractivity contribution in [3.05, 3.63) is 36.3 Å². The predicted molar refractivity (Wildman–Crippen MR) is 121 cm³/mol. The summed E-state index contributed by atoms with van der Waals surface area (Å²) in [6, 6.07) is 8.05. The van der Waals surface area contributed by atoms with Crippen LogP contribution >= 0.6 is 0 Å². The number of nitrogens with zero attached hydrogens (tertiary/aromatic N) is 7. The van der Waals surface area contributed by atoms with Crippen LogP contribution < -0.4 is 20.7 Å². The van der Waals surface area contributed by atoms with Crippen LogP contribution in [0.1, 0.15) is 14.6 Å². The first-order valence-electron chi connectivity index (χ1n) is 11.5. The van der Waals surface area contributed by atoms with Gasteiger partial charge >= 0.3 is 6.03 Å². The van der Waals surface area contributed by atoms with E-state index in [4.69, 9.17) is 14.1 Å². The second-order valence-electron chi connectivity index (χ2n) is 7.36. The zero-order valence-electron chi connectivity index (χ0n) is 21.2. The Morgan fingerprint density at radius 3 is 2.79 bits per heavy atom. The SMILES string of the molecule is [2H]C([2H])([2H])NC(=O)c1nnc(NC(=O)N2CC(C#N)C2)cc1Nc1cccc(-c2ncn(C)n2)c1OC. The van der Waals surface area contributed by atoms with Gasteiger partial charge in [0, 0.05) is 37.3 Å². The lowest BCUT2D eigenvalue weighted by Crippen LogP contribution is -2.51. The highest BCUT2D eigenvalue weighted by Crippen LogP contribution is 2.37. The van der Waals surface area contributed by atoms with E-state index in [1.54, 1.807) is 25.2 Å². The van der Waals surface area contributed by atoms with Gasteiger partial charge in [0.2, 0.25) is 0 Å². The van der Waals surface area contributed by atoms with Crippen LogP contribution in [0.3, 0.4) is 0 Å². The fourth-order valence-electron chi connectivity index (χ4n) is 3.33. The maximum Gasteiger partial charge on any atom is 0.323 e. The number of carbonyl (C=O) groups is 2. The number of carbonyl (C=O) groups excluding carboxylic acids is 2. The summed E-state index contributed by atoms with van der Waals surface area (Å²) in [5.74, 6) is -0.488. The van der Waals surface area contributed by atoms with Crippen LogP contribution in [0, 0.1) is 17.2 Å². The van der Waals surface area contributed by atoms with Crippen molar-refractivity contribution in [1.29, 1.82) is 5.26 Å². The number of anilines is 3. The van der Waals surface area contributed by atoms with Gasteiger partial charge < -0.3 is 20.3 Å². The van der Waals surface area contributed by atoms with Gasteiger partial charge in [0.25, 0.3) is 5.91 Å². The number of nitrogens with one attached hydrogen (secondary N) is 3. The molecule has 2 aromatic heterocycles. The van der Waals surface area contributed by atoms with E-state index in [0.29, 0.717) is 22.8 Å². The first-order chi connectivity index (χ1) is 17.6. The number of likely N-dealkylation sites (tertiary alicyclic amines) is 1. The summed E-state index contributed by atoms with van der Waals surface area (Å²) in [5, 5.41) is 28.4. The zero-order chi connectivity index (χ0) is 26.7. The highest BCUT2D eigenvalue weighted by atomic mass is 16.5. The monoisotopic (exact) mass is 465 g/mol. The van der Waals surface area contributed by atoms with Crippen LogP contribution in [-0.4, -0.2) is 69.0 Å². The summed E-state index contributed by atoms with van der Waals surface area (Å²) in [6.45, 7) is -2.20. The normalized spacial score (nSPS) is 14.6. The molecule has 4 rings (SSSR count). The molecule has 0 saturated carbocycles. The quantitative estimate of drug-likeness (QED) is 0.488. The second kappa shape index (κ2) is 9.41. The van der Waals surface area contributed by atoms with Crippen molar-refractivity contribution in [2.45, 2.75) is 0 Å². The number of ether oxygens (including phenoxy) is 1. The van der Waals surface area contributed by atoms with E-state index in [0.717, 1.165) is 0 Å². The number of aromatic nitrogens is 5. The Bertz CT molecular complexity index is 1380. The largest absolute Gasteiger partial charge is 0.494 e. The molecule has 0 spiro atoms. The lowest BCUT2D eigenvalue weighted by Gasteiger charge is -2.34. The van der Waals surface area contributed by atoms with Crippen molar-refractivity contribution < 1.29 is 18.4 Å². The van der Waals surface area contributed by atoms with Crippen LogP contribution in [0.4, 0.5) is 22.0 Å². The van der Waals surface area contributed by atoms with Crippen molar-refractivity contribution in [1.82, 2.24) is 35.2 Å². The summed E-state index contributed by atoms with van der Waals surface area (Å²) in [7, 11) is 3.17. The maximum atomic E-state index is 12.7. The summed E-state index contributed by atoms with van der Waals surface area (Å²) in [4.78, 5) is 30.8. The molecule has 3 aromatic rings. The van der Waals surface area contributed by atoms with E-state index in [1.165, 1.54) is 29.1 Å². The molecule has 0 bridgehead atoms. The average Bonchev–Trinajstić information content (AvgIpc) is 3.23. The molecule has 174 valence electrons. The molecule has 1 aliphatic rings. The second-order valence-corrected chi connectivity index (χ2v) is 7.36. The van der Waals surface area contributed by atoms with Crippen molar-refractivity contribution in [2.24, 2.45) is 13.0 Å². The van der Waals surface area contributed by atoms with Gasteiger partial charge in [-0.2, -0.15) is 10.4 Å². The predicted octanol–water partition coefficient (Wildman–Crippen LogP) is 1.37. The van der Waals surface area contributed by atoms with E-state index in [-0.39, 0.29) is 36.2 Å². The molecular weight excluding hydrogens is 440 g/mol. The third-order valence-electron chi connectivity index (χ3n) is 5.04. The Morgan fingerprint density at radius 1 is 1.29 bits per heavy atom. The van der Waals surface area contributed by atoms with Crippen LogP contribution in [0.25, 0.3) is 11.4 Å². The van der Waals surface area contributed by atoms with Crippen molar-refractivity contribution in [2.75, 3.05) is 37.8 Å². The van der Waals surface area contributed by atoms with Gasteiger partial charge in [-0.05, 0) is 12.1 Å². The van der Waals surface area contributed by atoms with Gasteiger partial charge in [0.1, 0.15) is 6.33 Å². The molecular formula is C21H22N10O3. The first-order valence-corrected chi connectivity index (χ1v) is 10.0. The first kappa shape index (κ1) is 18.8. The topological polar surface area (TPSA) is 163 Å². The molecule has 3 heterocycles. The zero-order valence-corrected chi connectivity index (χ0v) is 18.2. The highest BCUT2D eigenvalue weighted by Gasteiger charge is 2.31. The Balaban J connectivity index is 1.68. The number of hydrogen-bond acceptors (Lipinski definition) is 9. The number of rotatable bonds is 6. The van der Waals surface area contributed by atoms with Gasteiger partial charge in [0.05, 0.1) is 36.0 Å². The van der Waals surface area contributed by atoms with Crippen molar-refractivity contribution in [3.8, 4) is 23.2 Å². The molecule has 1 saturated heterocycles. The summed E-state index contributed by atoms with van der Waals surface area (Å²) in [6.07, 6.45) is 1.53. The van der Waals surface area contributed by atoms with E-state index in [9.17, 15) is 9.59 Å². The maximum absolute atomic E-state index is 12.7. The summed E-state index contributed by atoms with van der Waals surface area (Å²) < 4.78 is 29.2.